The molecule has 0 saturated heterocycles. The van der Waals surface area contributed by atoms with Gasteiger partial charge in [0.15, 0.2) is 0 Å². The smallest absolute Gasteiger partial charge is 0.279 e. The van der Waals surface area contributed by atoms with Crippen molar-refractivity contribution in [1.29, 1.82) is 0 Å². The Morgan fingerprint density at radius 1 is 1.21 bits per heavy atom. The average Bonchev–Trinajstić information content (AvgIpc) is 2.75. The van der Waals surface area contributed by atoms with Crippen LogP contribution in [0.3, 0.4) is 0 Å². The Hall–Kier alpha value is -3.04. The maximum atomic E-state index is 12.8. The number of nitroso groups, excluding NO2 is 1. The molecule has 0 bridgehead atoms. The molecule has 8 nitrogen and oxygen atoms in total. The van der Waals surface area contributed by atoms with Gasteiger partial charge in [-0.25, -0.2) is 0 Å². The summed E-state index contributed by atoms with van der Waals surface area (Å²) in [7, 11) is 0. The van der Waals surface area contributed by atoms with Gasteiger partial charge in [0.2, 0.25) is 0 Å². The zero-order valence-electron chi connectivity index (χ0n) is 19.6. The average molecular weight is 505 g/mol. The Morgan fingerprint density at radius 3 is 2.59 bits per heavy atom. The second-order valence-corrected chi connectivity index (χ2v) is 9.30. The first kappa shape index (κ1) is 27.2. The van der Waals surface area contributed by atoms with E-state index < -0.39 is 12.0 Å². The van der Waals surface area contributed by atoms with E-state index in [0.29, 0.717) is 22.3 Å². The van der Waals surface area contributed by atoms with Crippen LogP contribution in [0.5, 0.6) is 17.2 Å². The predicted molar refractivity (Wildman–Crippen MR) is 138 cm³/mol. The standard InChI is InChI=1S/C24H29ClN4O4S/c1-5-34-20-6-7-22(21(25)13-20)33-19-11-17(10-18(12-19)32-16(4)14-28-31)24(30)29-23(26)8-9-27-15(2)3/h6-13,15-16,27H,5,14H2,1-4H3,(H2,26,29,30)/b9-8-/t16-/m0/s1. The fraction of sp³-hybridized carbons (Fsp3) is 0.333. The minimum atomic E-state index is -0.580. The fourth-order valence-electron chi connectivity index (χ4n) is 2.69. The number of ether oxygens (including phenoxy) is 2. The summed E-state index contributed by atoms with van der Waals surface area (Å²) >= 11 is 8.05. The number of aliphatic imine (C=N–C) groups is 1. The first-order valence-corrected chi connectivity index (χ1v) is 12.1. The van der Waals surface area contributed by atoms with Crippen molar-refractivity contribution in [3.63, 3.8) is 0 Å². The van der Waals surface area contributed by atoms with Gasteiger partial charge in [-0.15, -0.1) is 11.8 Å². The molecule has 1 amide bonds. The summed E-state index contributed by atoms with van der Waals surface area (Å²) < 4.78 is 11.7. The third kappa shape index (κ3) is 9.07. The van der Waals surface area contributed by atoms with Gasteiger partial charge < -0.3 is 20.5 Å². The van der Waals surface area contributed by atoms with Gasteiger partial charge in [-0.1, -0.05) is 23.7 Å². The molecule has 182 valence electrons. The van der Waals surface area contributed by atoms with E-state index >= 15 is 0 Å². The number of carbonyl (C=O) groups is 1. The number of thioether (sulfide) groups is 1. The lowest BCUT2D eigenvalue weighted by atomic mass is 10.2. The third-order valence-electron chi connectivity index (χ3n) is 4.15. The SMILES string of the molecule is CCSc1ccc(Oc2cc(O[C@@H](C)CN=O)cc(C(=O)N=C(N)/C=C\NC(C)C)c2)c(Cl)c1. The van der Waals surface area contributed by atoms with Gasteiger partial charge >= 0.3 is 0 Å². The Morgan fingerprint density at radius 2 is 1.94 bits per heavy atom. The van der Waals surface area contributed by atoms with E-state index in [1.165, 1.54) is 18.2 Å². The number of rotatable bonds is 12. The molecule has 3 N–H and O–H groups in total. The van der Waals surface area contributed by atoms with Crippen molar-refractivity contribution < 1.29 is 14.3 Å². The van der Waals surface area contributed by atoms with Crippen LogP contribution in [-0.4, -0.2) is 36.2 Å². The molecule has 10 heteroatoms. The highest BCUT2D eigenvalue weighted by atomic mass is 35.5. The van der Waals surface area contributed by atoms with Gasteiger partial charge in [0, 0.05) is 28.8 Å². The van der Waals surface area contributed by atoms with Crippen LogP contribution in [0, 0.1) is 4.91 Å². The largest absolute Gasteiger partial charge is 0.488 e. The molecular formula is C24H29ClN4O4S. The molecule has 0 radical (unpaired) electrons. The van der Waals surface area contributed by atoms with E-state index in [9.17, 15) is 9.70 Å². The molecule has 0 spiro atoms. The first-order valence-electron chi connectivity index (χ1n) is 10.7. The third-order valence-corrected chi connectivity index (χ3v) is 5.32. The maximum Gasteiger partial charge on any atom is 0.279 e. The van der Waals surface area contributed by atoms with Gasteiger partial charge in [-0.2, -0.15) is 9.90 Å². The monoisotopic (exact) mass is 504 g/mol. The zero-order chi connectivity index (χ0) is 25.1. The van der Waals surface area contributed by atoms with Gasteiger partial charge in [-0.3, -0.25) is 4.79 Å². The molecule has 0 saturated carbocycles. The van der Waals surface area contributed by atoms with Gasteiger partial charge in [0.05, 0.1) is 5.02 Å². The number of nitrogens with one attached hydrogen (secondary N) is 1. The van der Waals surface area contributed by atoms with Gasteiger partial charge in [0.25, 0.3) is 5.91 Å². The summed E-state index contributed by atoms with van der Waals surface area (Å²) in [4.78, 5) is 28.3. The zero-order valence-corrected chi connectivity index (χ0v) is 21.2. The number of nitrogens with two attached hydrogens (primary N) is 1. The fourth-order valence-corrected chi connectivity index (χ4v) is 3.67. The summed E-state index contributed by atoms with van der Waals surface area (Å²) in [6, 6.07) is 10.3. The molecule has 0 fully saturated rings. The summed E-state index contributed by atoms with van der Waals surface area (Å²) in [5.41, 5.74) is 6.05. The van der Waals surface area contributed by atoms with Crippen molar-refractivity contribution in [2.24, 2.45) is 15.9 Å². The lowest BCUT2D eigenvalue weighted by molar-refractivity contribution is 0.100. The Kier molecular flexibility index (Phi) is 10.9. The summed E-state index contributed by atoms with van der Waals surface area (Å²) in [5.74, 6) is 1.43. The van der Waals surface area contributed by atoms with Crippen LogP contribution < -0.4 is 20.5 Å². The van der Waals surface area contributed by atoms with Crippen LogP contribution in [0.25, 0.3) is 0 Å². The molecule has 0 heterocycles. The summed E-state index contributed by atoms with van der Waals surface area (Å²) in [6.07, 6.45) is 2.63. The van der Waals surface area contributed by atoms with Crippen LogP contribution in [-0.2, 0) is 0 Å². The molecule has 0 aliphatic rings. The van der Waals surface area contributed by atoms with Gasteiger partial charge in [0.1, 0.15) is 35.7 Å². The molecule has 0 aromatic heterocycles. The lowest BCUT2D eigenvalue weighted by Gasteiger charge is -2.15. The van der Waals surface area contributed by atoms with Crippen LogP contribution in [0.2, 0.25) is 5.02 Å². The van der Waals surface area contributed by atoms with E-state index in [-0.39, 0.29) is 24.0 Å². The minimum absolute atomic E-state index is 0.0394. The van der Waals surface area contributed by atoms with Crippen LogP contribution >= 0.6 is 23.4 Å². The van der Waals surface area contributed by atoms with E-state index in [1.807, 2.05) is 26.0 Å². The number of nitrogens with zero attached hydrogens (tertiary/aromatic N) is 2. The topological polar surface area (TPSA) is 115 Å². The van der Waals surface area contributed by atoms with Gasteiger partial charge in [-0.05, 0) is 62.9 Å². The molecule has 2 aromatic carbocycles. The highest BCUT2D eigenvalue weighted by molar-refractivity contribution is 7.99. The van der Waals surface area contributed by atoms with E-state index in [2.05, 4.69) is 22.4 Å². The van der Waals surface area contributed by atoms with Crippen molar-refractivity contribution in [2.45, 2.75) is 44.7 Å². The Bertz CT molecular complexity index is 1060. The minimum Gasteiger partial charge on any atom is -0.488 e. The molecule has 1 atom stereocenters. The van der Waals surface area contributed by atoms with Crippen LogP contribution in [0.4, 0.5) is 0 Å². The number of benzene rings is 2. The quantitative estimate of drug-likeness (QED) is 0.163. The van der Waals surface area contributed by atoms with Crippen molar-refractivity contribution in [3.05, 3.63) is 64.2 Å². The normalized spacial score (nSPS) is 12.6. The first-order chi connectivity index (χ1) is 16.2. The number of hydrogen-bond donors (Lipinski definition) is 2. The Balaban J connectivity index is 2.35. The number of amides is 1. The second-order valence-electron chi connectivity index (χ2n) is 7.56. The van der Waals surface area contributed by atoms with Crippen LogP contribution in [0.1, 0.15) is 38.1 Å². The predicted octanol–water partition coefficient (Wildman–Crippen LogP) is 5.79. The van der Waals surface area contributed by atoms with E-state index in [4.69, 9.17) is 26.8 Å². The maximum absolute atomic E-state index is 12.8. The molecule has 2 aromatic rings. The van der Waals surface area contributed by atoms with Crippen molar-refractivity contribution in [2.75, 3.05) is 12.3 Å². The molecule has 0 aliphatic carbocycles. The number of amidine groups is 1. The highest BCUT2D eigenvalue weighted by Crippen LogP contribution is 2.35. The van der Waals surface area contributed by atoms with E-state index in [0.717, 1.165) is 10.6 Å². The number of hydrogen-bond acceptors (Lipinski definition) is 7. The molecule has 2 rings (SSSR count). The molecule has 34 heavy (non-hydrogen) atoms. The summed E-state index contributed by atoms with van der Waals surface area (Å²) in [6.45, 7) is 7.65. The second kappa shape index (κ2) is 13.6. The highest BCUT2D eigenvalue weighted by Gasteiger charge is 2.14. The summed E-state index contributed by atoms with van der Waals surface area (Å²) in [5, 5.41) is 6.33. The van der Waals surface area contributed by atoms with Crippen molar-refractivity contribution in [1.82, 2.24) is 5.32 Å². The molecule has 0 aliphatic heterocycles. The number of halogens is 1. The van der Waals surface area contributed by atoms with Crippen molar-refractivity contribution in [3.8, 4) is 17.2 Å². The van der Waals surface area contributed by atoms with Crippen molar-refractivity contribution >= 4 is 35.1 Å². The lowest BCUT2D eigenvalue weighted by Crippen LogP contribution is -2.18. The Labute approximate surface area is 208 Å². The molecule has 0 unspecified atom stereocenters. The van der Waals surface area contributed by atoms with Crippen LogP contribution in [0.15, 0.2) is 63.7 Å². The molecular weight excluding hydrogens is 476 g/mol. The van der Waals surface area contributed by atoms with E-state index in [1.54, 1.807) is 37.0 Å². The number of carbonyl (C=O) groups excluding carboxylic acids is 1.